The average Bonchev–Trinajstić information content (AvgIpc) is 3.01. The summed E-state index contributed by atoms with van der Waals surface area (Å²) in [6.07, 6.45) is 3.38. The van der Waals surface area contributed by atoms with Gasteiger partial charge in [-0.15, -0.1) is 6.58 Å². The van der Waals surface area contributed by atoms with Crippen LogP contribution in [-0.2, 0) is 0 Å². The fourth-order valence-corrected chi connectivity index (χ4v) is 3.52. The zero-order valence-corrected chi connectivity index (χ0v) is 14.5. The number of fused-ring (bicyclic) bond motifs is 1. The van der Waals surface area contributed by atoms with Gasteiger partial charge < -0.3 is 19.7 Å². The third kappa shape index (κ3) is 3.79. The molecule has 2 amide bonds. The lowest BCUT2D eigenvalue weighted by molar-refractivity contribution is 0.111. The van der Waals surface area contributed by atoms with Gasteiger partial charge in [-0.05, 0) is 12.1 Å². The predicted molar refractivity (Wildman–Crippen MR) is 95.0 cm³/mol. The quantitative estimate of drug-likeness (QED) is 0.845. The zero-order chi connectivity index (χ0) is 16.9. The third-order valence-electron chi connectivity index (χ3n) is 3.97. The number of thiazole rings is 1. The molecule has 0 atom stereocenters. The van der Waals surface area contributed by atoms with Gasteiger partial charge in [-0.2, -0.15) is 0 Å². The van der Waals surface area contributed by atoms with Gasteiger partial charge in [0, 0.05) is 38.5 Å². The van der Waals surface area contributed by atoms with E-state index < -0.39 is 0 Å². The average molecular weight is 347 g/mol. The first-order valence-corrected chi connectivity index (χ1v) is 8.76. The number of hydrogen-bond donors (Lipinski definition) is 1. The Balaban J connectivity index is 1.56. The highest BCUT2D eigenvalue weighted by Gasteiger charge is 2.24. The molecule has 1 saturated heterocycles. The topological polar surface area (TPSA) is 63.7 Å². The molecule has 0 spiro atoms. The largest absolute Gasteiger partial charge is 0.497 e. The summed E-state index contributed by atoms with van der Waals surface area (Å²) in [5.74, 6) is 0.790. The Kier molecular flexibility index (Phi) is 5.20. The van der Waals surface area contributed by atoms with Crippen LogP contribution in [0.4, 0.5) is 4.79 Å². The molecular weight excluding hydrogens is 326 g/mol. The van der Waals surface area contributed by atoms with Crippen molar-refractivity contribution in [3.05, 3.63) is 30.9 Å². The van der Waals surface area contributed by atoms with E-state index in [1.165, 1.54) is 11.3 Å². The van der Waals surface area contributed by atoms with Gasteiger partial charge in [-0.3, -0.25) is 0 Å². The Hall–Kier alpha value is -2.28. The molecule has 2 heterocycles. The SMILES string of the molecule is C=CCNC(=O)N1CCC(Oc2nc3cc(OC)ccc3s2)CC1. The molecule has 7 heteroatoms. The zero-order valence-electron chi connectivity index (χ0n) is 13.7. The van der Waals surface area contributed by atoms with Crippen LogP contribution in [0, 0.1) is 0 Å². The van der Waals surface area contributed by atoms with Gasteiger partial charge in [-0.1, -0.05) is 17.4 Å². The van der Waals surface area contributed by atoms with E-state index in [0.29, 0.717) is 24.8 Å². The molecule has 0 aliphatic carbocycles. The van der Waals surface area contributed by atoms with Crippen molar-refractivity contribution in [2.75, 3.05) is 26.7 Å². The number of methoxy groups -OCH3 is 1. The minimum Gasteiger partial charge on any atom is -0.497 e. The number of ether oxygens (including phenoxy) is 2. The molecule has 1 aliphatic rings. The van der Waals surface area contributed by atoms with E-state index in [-0.39, 0.29) is 12.1 Å². The number of aromatic nitrogens is 1. The Labute approximate surface area is 145 Å². The molecule has 3 rings (SSSR count). The molecular formula is C17H21N3O3S. The molecule has 1 aromatic carbocycles. The maximum atomic E-state index is 11.9. The van der Waals surface area contributed by atoms with Crippen molar-refractivity contribution in [3.63, 3.8) is 0 Å². The molecule has 2 aromatic rings. The van der Waals surface area contributed by atoms with Gasteiger partial charge in [0.15, 0.2) is 0 Å². The Morgan fingerprint density at radius 1 is 1.50 bits per heavy atom. The van der Waals surface area contributed by atoms with Crippen LogP contribution in [0.1, 0.15) is 12.8 Å². The van der Waals surface area contributed by atoms with Crippen LogP contribution >= 0.6 is 11.3 Å². The van der Waals surface area contributed by atoms with Crippen molar-refractivity contribution in [3.8, 4) is 10.9 Å². The van der Waals surface area contributed by atoms with Crippen molar-refractivity contribution in [1.82, 2.24) is 15.2 Å². The summed E-state index contributed by atoms with van der Waals surface area (Å²) in [6.45, 7) is 5.46. The van der Waals surface area contributed by atoms with Gasteiger partial charge >= 0.3 is 6.03 Å². The number of benzene rings is 1. The summed E-state index contributed by atoms with van der Waals surface area (Å²) in [4.78, 5) is 18.2. The van der Waals surface area contributed by atoms with E-state index in [1.54, 1.807) is 13.2 Å². The molecule has 24 heavy (non-hydrogen) atoms. The number of piperidine rings is 1. The number of urea groups is 1. The third-order valence-corrected chi connectivity index (χ3v) is 4.90. The molecule has 6 nitrogen and oxygen atoms in total. The standard InChI is InChI=1S/C17H21N3O3S/c1-3-8-18-16(21)20-9-6-12(7-10-20)23-17-19-14-11-13(22-2)4-5-15(14)24-17/h3-5,11-12H,1,6-10H2,2H3,(H,18,21). The minimum atomic E-state index is -0.0413. The normalized spacial score (nSPS) is 15.3. The van der Waals surface area contributed by atoms with E-state index >= 15 is 0 Å². The first kappa shape index (κ1) is 16.6. The first-order chi connectivity index (χ1) is 11.7. The van der Waals surface area contributed by atoms with Crippen molar-refractivity contribution in [2.24, 2.45) is 0 Å². The summed E-state index contributed by atoms with van der Waals surface area (Å²) in [5, 5.41) is 3.47. The second-order valence-corrected chi connectivity index (χ2v) is 6.59. The molecule has 128 valence electrons. The summed E-state index contributed by atoms with van der Waals surface area (Å²) in [5.41, 5.74) is 0.885. The maximum absolute atomic E-state index is 11.9. The first-order valence-electron chi connectivity index (χ1n) is 7.94. The van der Waals surface area contributed by atoms with Crippen LogP contribution in [0.25, 0.3) is 10.2 Å². The van der Waals surface area contributed by atoms with Crippen LogP contribution in [0.3, 0.4) is 0 Å². The number of nitrogens with zero attached hydrogens (tertiary/aromatic N) is 2. The Morgan fingerprint density at radius 2 is 2.29 bits per heavy atom. The van der Waals surface area contributed by atoms with Gasteiger partial charge in [-0.25, -0.2) is 9.78 Å². The second-order valence-electron chi connectivity index (χ2n) is 5.59. The minimum absolute atomic E-state index is 0.0413. The number of nitrogens with one attached hydrogen (secondary N) is 1. The molecule has 0 unspecified atom stereocenters. The maximum Gasteiger partial charge on any atom is 0.317 e. The second kappa shape index (κ2) is 7.53. The van der Waals surface area contributed by atoms with Crippen molar-refractivity contribution in [2.45, 2.75) is 18.9 Å². The lowest BCUT2D eigenvalue weighted by Crippen LogP contribution is -2.46. The van der Waals surface area contributed by atoms with E-state index in [1.807, 2.05) is 23.1 Å². The molecule has 0 saturated carbocycles. The van der Waals surface area contributed by atoms with Crippen molar-refractivity contribution >= 4 is 27.6 Å². The van der Waals surface area contributed by atoms with E-state index in [4.69, 9.17) is 9.47 Å². The summed E-state index contributed by atoms with van der Waals surface area (Å²) in [7, 11) is 1.64. The van der Waals surface area contributed by atoms with Gasteiger partial charge in [0.2, 0.25) is 0 Å². The predicted octanol–water partition coefficient (Wildman–Crippen LogP) is 3.04. The fourth-order valence-electron chi connectivity index (χ4n) is 2.65. The van der Waals surface area contributed by atoms with Crippen LogP contribution in [-0.4, -0.2) is 48.8 Å². The Morgan fingerprint density at radius 3 is 3.00 bits per heavy atom. The van der Waals surface area contributed by atoms with Crippen molar-refractivity contribution in [1.29, 1.82) is 0 Å². The highest BCUT2D eigenvalue weighted by molar-refractivity contribution is 7.20. The Bertz CT molecular complexity index is 723. The lowest BCUT2D eigenvalue weighted by Gasteiger charge is -2.31. The van der Waals surface area contributed by atoms with Crippen LogP contribution in [0.2, 0.25) is 0 Å². The summed E-state index contributed by atoms with van der Waals surface area (Å²) < 4.78 is 12.3. The summed E-state index contributed by atoms with van der Waals surface area (Å²) >= 11 is 1.54. The molecule has 1 N–H and O–H groups in total. The van der Waals surface area contributed by atoms with Crippen LogP contribution in [0.15, 0.2) is 30.9 Å². The van der Waals surface area contributed by atoms with E-state index in [2.05, 4.69) is 16.9 Å². The number of rotatable bonds is 5. The number of carbonyl (C=O) groups is 1. The van der Waals surface area contributed by atoms with Crippen molar-refractivity contribution < 1.29 is 14.3 Å². The number of carbonyl (C=O) groups excluding carboxylic acids is 1. The smallest absolute Gasteiger partial charge is 0.317 e. The van der Waals surface area contributed by atoms with E-state index in [9.17, 15) is 4.79 Å². The fraction of sp³-hybridized carbons (Fsp3) is 0.412. The molecule has 0 bridgehead atoms. The number of hydrogen-bond acceptors (Lipinski definition) is 5. The van der Waals surface area contributed by atoms with E-state index in [0.717, 1.165) is 28.8 Å². The highest BCUT2D eigenvalue weighted by atomic mass is 32.1. The number of likely N-dealkylation sites (tertiary alicyclic amines) is 1. The monoisotopic (exact) mass is 347 g/mol. The van der Waals surface area contributed by atoms with Gasteiger partial charge in [0.1, 0.15) is 11.9 Å². The molecule has 1 fully saturated rings. The highest BCUT2D eigenvalue weighted by Crippen LogP contribution is 2.31. The van der Waals surface area contributed by atoms with Crippen LogP contribution < -0.4 is 14.8 Å². The summed E-state index contributed by atoms with van der Waals surface area (Å²) in [6, 6.07) is 5.78. The van der Waals surface area contributed by atoms with Gasteiger partial charge in [0.05, 0.1) is 17.3 Å². The van der Waals surface area contributed by atoms with Crippen LogP contribution in [0.5, 0.6) is 10.9 Å². The molecule has 0 radical (unpaired) electrons. The lowest BCUT2D eigenvalue weighted by atomic mass is 10.1. The molecule has 1 aromatic heterocycles. The number of amides is 2. The van der Waals surface area contributed by atoms with Gasteiger partial charge in [0.25, 0.3) is 5.19 Å². The molecule has 1 aliphatic heterocycles.